The summed E-state index contributed by atoms with van der Waals surface area (Å²) in [5, 5.41) is 0.445. The molecule has 0 aromatic carbocycles. The number of alkyl halides is 1. The minimum Gasteiger partial charge on any atom is -0.307 e. The predicted octanol–water partition coefficient (Wildman–Crippen LogP) is 2.73. The normalized spacial score (nSPS) is 21.1. The molecule has 1 saturated heterocycles. The van der Waals surface area contributed by atoms with E-state index < -0.39 is 0 Å². The number of rotatable bonds is 1. The fourth-order valence-electron chi connectivity index (χ4n) is 1.53. The Balaban J connectivity index is 2.41. The molecule has 2 heterocycles. The zero-order valence-corrected chi connectivity index (χ0v) is 9.85. The molecule has 1 atom stereocenters. The zero-order chi connectivity index (χ0) is 11.0. The van der Waals surface area contributed by atoms with Crippen LogP contribution in [0.3, 0.4) is 0 Å². The molecule has 1 amide bonds. The topological polar surface area (TPSA) is 33.2 Å². The van der Waals surface area contributed by atoms with Crippen molar-refractivity contribution in [2.75, 3.05) is 11.4 Å². The van der Waals surface area contributed by atoms with Gasteiger partial charge in [-0.3, -0.25) is 4.79 Å². The molecular weight excluding hydrogens is 258 g/mol. The first-order valence-electron chi connectivity index (χ1n) is 4.34. The van der Waals surface area contributed by atoms with Crippen LogP contribution in [0.25, 0.3) is 0 Å². The van der Waals surface area contributed by atoms with Crippen LogP contribution in [0.2, 0.25) is 10.2 Å². The third-order valence-corrected chi connectivity index (χ3v) is 3.05. The molecule has 3 nitrogen and oxygen atoms in total. The standard InChI is InChI=1S/C9H7Cl3N2O/c10-5-3-7(15)14(4-5)8-6(11)1-2-13-9(8)12/h1-2,5H,3-4H2. The fraction of sp³-hybridized carbons (Fsp3) is 0.333. The zero-order valence-electron chi connectivity index (χ0n) is 7.58. The van der Waals surface area contributed by atoms with Crippen molar-refractivity contribution in [3.05, 3.63) is 22.4 Å². The molecule has 2 rings (SSSR count). The van der Waals surface area contributed by atoms with E-state index in [0.717, 1.165) is 0 Å². The van der Waals surface area contributed by atoms with E-state index in [0.29, 0.717) is 23.7 Å². The lowest BCUT2D eigenvalue weighted by Gasteiger charge is -2.17. The van der Waals surface area contributed by atoms with Crippen molar-refractivity contribution >= 4 is 46.4 Å². The summed E-state index contributed by atoms with van der Waals surface area (Å²) in [4.78, 5) is 17.0. The molecule has 0 aliphatic carbocycles. The van der Waals surface area contributed by atoms with Gasteiger partial charge in [-0.1, -0.05) is 23.2 Å². The number of anilines is 1. The number of carbonyl (C=O) groups is 1. The van der Waals surface area contributed by atoms with Gasteiger partial charge in [-0.25, -0.2) is 4.98 Å². The van der Waals surface area contributed by atoms with Gasteiger partial charge in [0, 0.05) is 19.2 Å². The van der Waals surface area contributed by atoms with E-state index in [-0.39, 0.29) is 16.4 Å². The van der Waals surface area contributed by atoms with Crippen LogP contribution < -0.4 is 4.90 Å². The summed E-state index contributed by atoms with van der Waals surface area (Å²) < 4.78 is 0. The summed E-state index contributed by atoms with van der Waals surface area (Å²) in [5.74, 6) is -0.0770. The minimum absolute atomic E-state index is 0.0770. The summed E-state index contributed by atoms with van der Waals surface area (Å²) in [5.41, 5.74) is 0.453. The first kappa shape index (κ1) is 11.0. The van der Waals surface area contributed by atoms with Crippen LogP contribution in [0.1, 0.15) is 6.42 Å². The van der Waals surface area contributed by atoms with Gasteiger partial charge in [0.2, 0.25) is 5.91 Å². The molecule has 15 heavy (non-hydrogen) atoms. The molecule has 0 spiro atoms. The van der Waals surface area contributed by atoms with Gasteiger partial charge in [0.25, 0.3) is 0 Å². The molecular formula is C9H7Cl3N2O. The Bertz CT molecular complexity index is 390. The largest absolute Gasteiger partial charge is 0.307 e. The maximum Gasteiger partial charge on any atom is 0.228 e. The number of amides is 1. The first-order valence-corrected chi connectivity index (χ1v) is 5.53. The highest BCUT2D eigenvalue weighted by Crippen LogP contribution is 2.35. The van der Waals surface area contributed by atoms with Crippen LogP contribution in [-0.2, 0) is 4.79 Å². The van der Waals surface area contributed by atoms with E-state index in [1.807, 2.05) is 0 Å². The second kappa shape index (κ2) is 4.16. The summed E-state index contributed by atoms with van der Waals surface area (Å²) in [6.45, 7) is 0.422. The van der Waals surface area contributed by atoms with Gasteiger partial charge in [-0.2, -0.15) is 0 Å². The number of hydrogen-bond donors (Lipinski definition) is 0. The summed E-state index contributed by atoms with van der Waals surface area (Å²) in [7, 11) is 0. The predicted molar refractivity (Wildman–Crippen MR) is 60.9 cm³/mol. The highest BCUT2D eigenvalue weighted by atomic mass is 35.5. The molecule has 6 heteroatoms. The number of carbonyl (C=O) groups excluding carboxylic acids is 1. The van der Waals surface area contributed by atoms with Crippen molar-refractivity contribution in [3.63, 3.8) is 0 Å². The number of nitrogens with zero attached hydrogens (tertiary/aromatic N) is 2. The highest BCUT2D eigenvalue weighted by Gasteiger charge is 2.31. The number of pyridine rings is 1. The van der Waals surface area contributed by atoms with Crippen LogP contribution in [-0.4, -0.2) is 22.8 Å². The van der Waals surface area contributed by atoms with E-state index in [4.69, 9.17) is 34.8 Å². The highest BCUT2D eigenvalue weighted by molar-refractivity contribution is 6.39. The number of halogens is 3. The fourth-order valence-corrected chi connectivity index (χ4v) is 2.35. The van der Waals surface area contributed by atoms with Gasteiger partial charge >= 0.3 is 0 Å². The molecule has 1 aliphatic rings. The second-order valence-corrected chi connectivity index (χ2v) is 4.62. The lowest BCUT2D eigenvalue weighted by Crippen LogP contribution is -2.25. The third-order valence-electron chi connectivity index (χ3n) is 2.18. The average Bonchev–Trinajstić information content (AvgIpc) is 2.45. The number of hydrogen-bond acceptors (Lipinski definition) is 2. The Morgan fingerprint density at radius 2 is 2.20 bits per heavy atom. The minimum atomic E-state index is -0.190. The van der Waals surface area contributed by atoms with Crippen LogP contribution in [0.15, 0.2) is 12.3 Å². The van der Waals surface area contributed by atoms with Gasteiger partial charge in [-0.15, -0.1) is 11.6 Å². The summed E-state index contributed by atoms with van der Waals surface area (Å²) in [6.07, 6.45) is 1.80. The quantitative estimate of drug-likeness (QED) is 0.578. The van der Waals surface area contributed by atoms with Crippen molar-refractivity contribution in [1.82, 2.24) is 4.98 Å². The van der Waals surface area contributed by atoms with Crippen LogP contribution in [0.5, 0.6) is 0 Å². The summed E-state index contributed by atoms with van der Waals surface area (Å²) in [6, 6.07) is 1.59. The first-order chi connectivity index (χ1) is 7.09. The van der Waals surface area contributed by atoms with Gasteiger partial charge in [-0.05, 0) is 6.07 Å². The Hall–Kier alpha value is -0.510. The maximum absolute atomic E-state index is 11.6. The Morgan fingerprint density at radius 3 is 2.73 bits per heavy atom. The van der Waals surface area contributed by atoms with Crippen LogP contribution >= 0.6 is 34.8 Å². The van der Waals surface area contributed by atoms with Crippen LogP contribution in [0.4, 0.5) is 5.69 Å². The molecule has 1 aliphatic heterocycles. The van der Waals surface area contributed by atoms with Gasteiger partial charge in [0.15, 0.2) is 5.15 Å². The van der Waals surface area contributed by atoms with Crippen molar-refractivity contribution in [3.8, 4) is 0 Å². The SMILES string of the molecule is O=C1CC(Cl)CN1c1c(Cl)ccnc1Cl. The van der Waals surface area contributed by atoms with Crippen LogP contribution in [0, 0.1) is 0 Å². The van der Waals surface area contributed by atoms with E-state index in [9.17, 15) is 4.79 Å². The van der Waals surface area contributed by atoms with Gasteiger partial charge < -0.3 is 4.90 Å². The molecule has 0 saturated carbocycles. The molecule has 1 unspecified atom stereocenters. The lowest BCUT2D eigenvalue weighted by molar-refractivity contribution is -0.117. The van der Waals surface area contributed by atoms with Gasteiger partial charge in [0.05, 0.1) is 10.4 Å². The Labute approximate surface area is 102 Å². The average molecular weight is 266 g/mol. The third kappa shape index (κ3) is 2.05. The smallest absolute Gasteiger partial charge is 0.228 e. The molecule has 80 valence electrons. The van der Waals surface area contributed by atoms with E-state index in [2.05, 4.69) is 4.98 Å². The molecule has 1 aromatic heterocycles. The van der Waals surface area contributed by atoms with Crippen molar-refractivity contribution in [2.24, 2.45) is 0 Å². The van der Waals surface area contributed by atoms with Crippen molar-refractivity contribution in [1.29, 1.82) is 0 Å². The van der Waals surface area contributed by atoms with Crippen molar-refractivity contribution in [2.45, 2.75) is 11.8 Å². The van der Waals surface area contributed by atoms with E-state index in [1.54, 1.807) is 6.07 Å². The summed E-state index contributed by atoms with van der Waals surface area (Å²) >= 11 is 17.7. The molecule has 0 radical (unpaired) electrons. The van der Waals surface area contributed by atoms with Crippen molar-refractivity contribution < 1.29 is 4.79 Å². The second-order valence-electron chi connectivity index (χ2n) is 3.24. The number of aromatic nitrogens is 1. The Kier molecular flexibility index (Phi) is 3.05. The monoisotopic (exact) mass is 264 g/mol. The van der Waals surface area contributed by atoms with E-state index >= 15 is 0 Å². The Morgan fingerprint density at radius 1 is 1.47 bits per heavy atom. The van der Waals surface area contributed by atoms with Gasteiger partial charge in [0.1, 0.15) is 5.69 Å². The molecule has 1 fully saturated rings. The maximum atomic E-state index is 11.6. The molecule has 1 aromatic rings. The molecule has 0 bridgehead atoms. The van der Waals surface area contributed by atoms with E-state index in [1.165, 1.54) is 11.1 Å². The molecule has 0 N–H and O–H groups in total. The lowest BCUT2D eigenvalue weighted by atomic mass is 10.4.